The van der Waals surface area contributed by atoms with Crippen molar-refractivity contribution in [3.05, 3.63) is 24.5 Å². The molecule has 0 unspecified atom stereocenters. The number of methoxy groups -OCH3 is 1. The zero-order valence-electron chi connectivity index (χ0n) is 11.7. The van der Waals surface area contributed by atoms with E-state index in [1.165, 1.54) is 12.8 Å². The molecule has 2 aromatic rings. The molecule has 5 heteroatoms. The molecule has 1 saturated carbocycles. The maximum Gasteiger partial charge on any atom is 0.137 e. The Balaban J connectivity index is 1.75. The Labute approximate surface area is 118 Å². The van der Waals surface area contributed by atoms with Gasteiger partial charge in [0.1, 0.15) is 12.1 Å². The second kappa shape index (κ2) is 5.25. The van der Waals surface area contributed by atoms with Gasteiger partial charge in [-0.3, -0.25) is 0 Å². The van der Waals surface area contributed by atoms with Crippen LogP contribution in [0.15, 0.2) is 24.5 Å². The number of nitrogens with one attached hydrogen (secondary N) is 1. The number of rotatable bonds is 6. The van der Waals surface area contributed by atoms with Gasteiger partial charge < -0.3 is 15.8 Å². The first-order valence-electron chi connectivity index (χ1n) is 6.96. The topological polar surface area (TPSA) is 73.1 Å². The van der Waals surface area contributed by atoms with Crippen LogP contribution in [0, 0.1) is 5.41 Å². The second-order valence-electron chi connectivity index (χ2n) is 5.60. The highest BCUT2D eigenvalue weighted by Gasteiger charge is 2.41. The maximum atomic E-state index is 5.79. The first-order chi connectivity index (χ1) is 9.72. The SMILES string of the molecule is COCCC1(CNc2ncnc3cc(N)ccc23)CC1. The van der Waals surface area contributed by atoms with Gasteiger partial charge in [-0.1, -0.05) is 0 Å². The van der Waals surface area contributed by atoms with Crippen LogP contribution in [0.25, 0.3) is 10.9 Å². The zero-order chi connectivity index (χ0) is 14.0. The molecule has 1 fully saturated rings. The largest absolute Gasteiger partial charge is 0.399 e. The van der Waals surface area contributed by atoms with Crippen molar-refractivity contribution in [2.24, 2.45) is 5.41 Å². The molecule has 1 heterocycles. The fourth-order valence-electron chi connectivity index (χ4n) is 2.50. The van der Waals surface area contributed by atoms with Crippen molar-refractivity contribution in [2.45, 2.75) is 19.3 Å². The molecule has 0 saturated heterocycles. The lowest BCUT2D eigenvalue weighted by Crippen LogP contribution is -2.18. The van der Waals surface area contributed by atoms with Crippen LogP contribution < -0.4 is 11.1 Å². The molecule has 106 valence electrons. The Hall–Kier alpha value is -1.88. The lowest BCUT2D eigenvalue weighted by molar-refractivity contribution is 0.175. The van der Waals surface area contributed by atoms with Crippen molar-refractivity contribution in [3.63, 3.8) is 0 Å². The van der Waals surface area contributed by atoms with Crippen molar-refractivity contribution in [2.75, 3.05) is 31.3 Å². The summed E-state index contributed by atoms with van der Waals surface area (Å²) in [5.74, 6) is 0.888. The monoisotopic (exact) mass is 272 g/mol. The summed E-state index contributed by atoms with van der Waals surface area (Å²) in [6.45, 7) is 1.76. The minimum atomic E-state index is 0.390. The number of anilines is 2. The van der Waals surface area contributed by atoms with Crippen molar-refractivity contribution in [1.29, 1.82) is 0 Å². The van der Waals surface area contributed by atoms with Gasteiger partial charge in [0.05, 0.1) is 5.52 Å². The van der Waals surface area contributed by atoms with Gasteiger partial charge in [0.2, 0.25) is 0 Å². The Bertz CT molecular complexity index is 610. The molecule has 20 heavy (non-hydrogen) atoms. The number of nitrogens with two attached hydrogens (primary N) is 1. The van der Waals surface area contributed by atoms with Crippen molar-refractivity contribution < 1.29 is 4.74 Å². The van der Waals surface area contributed by atoms with Gasteiger partial charge in [-0.15, -0.1) is 0 Å². The van der Waals surface area contributed by atoms with Crippen molar-refractivity contribution in [1.82, 2.24) is 9.97 Å². The fraction of sp³-hybridized carbons (Fsp3) is 0.467. The van der Waals surface area contributed by atoms with Crippen LogP contribution in [0.3, 0.4) is 0 Å². The number of hydrogen-bond donors (Lipinski definition) is 2. The highest BCUT2D eigenvalue weighted by molar-refractivity contribution is 5.90. The van der Waals surface area contributed by atoms with Gasteiger partial charge in [-0.25, -0.2) is 9.97 Å². The van der Waals surface area contributed by atoms with Crippen LogP contribution in [-0.4, -0.2) is 30.2 Å². The van der Waals surface area contributed by atoms with Gasteiger partial charge >= 0.3 is 0 Å². The molecule has 0 bridgehead atoms. The average molecular weight is 272 g/mol. The van der Waals surface area contributed by atoms with Crippen LogP contribution >= 0.6 is 0 Å². The lowest BCUT2D eigenvalue weighted by Gasteiger charge is -2.16. The fourth-order valence-corrected chi connectivity index (χ4v) is 2.50. The summed E-state index contributed by atoms with van der Waals surface area (Å²) in [5.41, 5.74) is 7.78. The maximum absolute atomic E-state index is 5.79. The molecule has 1 aliphatic rings. The van der Waals surface area contributed by atoms with Gasteiger partial charge in [0, 0.05) is 31.3 Å². The summed E-state index contributed by atoms with van der Waals surface area (Å²) in [7, 11) is 1.76. The van der Waals surface area contributed by atoms with Crippen LogP contribution in [-0.2, 0) is 4.74 Å². The molecule has 3 N–H and O–H groups in total. The van der Waals surface area contributed by atoms with E-state index in [0.29, 0.717) is 5.41 Å². The van der Waals surface area contributed by atoms with E-state index in [4.69, 9.17) is 10.5 Å². The summed E-state index contributed by atoms with van der Waals surface area (Å²) in [5, 5.41) is 4.49. The predicted octanol–water partition coefficient (Wildman–Crippen LogP) is 2.44. The standard InChI is InChI=1S/C15H20N4O/c1-20-7-6-15(4-5-15)9-17-14-12-3-2-11(16)8-13(12)18-10-19-14/h2-3,8,10H,4-7,9,16H2,1H3,(H,17,18,19). The molecule has 0 aliphatic heterocycles. The normalized spacial score (nSPS) is 16.2. The minimum Gasteiger partial charge on any atom is -0.399 e. The molecule has 1 aliphatic carbocycles. The van der Waals surface area contributed by atoms with Crippen molar-refractivity contribution in [3.8, 4) is 0 Å². The van der Waals surface area contributed by atoms with Gasteiger partial charge in [0.15, 0.2) is 0 Å². The first kappa shape index (κ1) is 13.1. The van der Waals surface area contributed by atoms with E-state index in [1.54, 1.807) is 13.4 Å². The third-order valence-electron chi connectivity index (χ3n) is 4.09. The van der Waals surface area contributed by atoms with E-state index in [1.807, 2.05) is 18.2 Å². The molecule has 0 spiro atoms. The third kappa shape index (κ3) is 2.67. The average Bonchev–Trinajstić information content (AvgIpc) is 3.23. The van der Waals surface area contributed by atoms with Gasteiger partial charge in [-0.2, -0.15) is 0 Å². The van der Waals surface area contributed by atoms with Crippen molar-refractivity contribution >= 4 is 22.4 Å². The summed E-state index contributed by atoms with van der Waals surface area (Å²) < 4.78 is 5.19. The highest BCUT2D eigenvalue weighted by atomic mass is 16.5. The number of nitrogens with zero attached hydrogens (tertiary/aromatic N) is 2. The number of benzene rings is 1. The molecule has 5 nitrogen and oxygen atoms in total. The summed E-state index contributed by atoms with van der Waals surface area (Å²) in [4.78, 5) is 8.61. The molecular formula is C15H20N4O. The number of nitrogen functional groups attached to an aromatic ring is 1. The number of fused-ring (bicyclic) bond motifs is 1. The van der Waals surface area contributed by atoms with Gasteiger partial charge in [-0.05, 0) is 42.9 Å². The predicted molar refractivity (Wildman–Crippen MR) is 80.6 cm³/mol. The molecule has 1 aromatic heterocycles. The van der Waals surface area contributed by atoms with E-state index in [0.717, 1.165) is 42.0 Å². The van der Waals surface area contributed by atoms with E-state index < -0.39 is 0 Å². The first-order valence-corrected chi connectivity index (χ1v) is 6.96. The smallest absolute Gasteiger partial charge is 0.137 e. The summed E-state index contributed by atoms with van der Waals surface area (Å²) >= 11 is 0. The second-order valence-corrected chi connectivity index (χ2v) is 5.60. The molecule has 0 atom stereocenters. The Kier molecular flexibility index (Phi) is 3.44. The van der Waals surface area contributed by atoms with E-state index in [9.17, 15) is 0 Å². The van der Waals surface area contributed by atoms with Crippen LogP contribution in [0.4, 0.5) is 11.5 Å². The van der Waals surface area contributed by atoms with E-state index >= 15 is 0 Å². The summed E-state index contributed by atoms with van der Waals surface area (Å²) in [6, 6.07) is 5.73. The van der Waals surface area contributed by atoms with Crippen LogP contribution in [0.1, 0.15) is 19.3 Å². The zero-order valence-corrected chi connectivity index (χ0v) is 11.7. The number of hydrogen-bond acceptors (Lipinski definition) is 5. The molecule has 1 aromatic carbocycles. The molecule has 3 rings (SSSR count). The third-order valence-corrected chi connectivity index (χ3v) is 4.09. The van der Waals surface area contributed by atoms with Crippen LogP contribution in [0.5, 0.6) is 0 Å². The van der Waals surface area contributed by atoms with Crippen LogP contribution in [0.2, 0.25) is 0 Å². The Morgan fingerprint density at radius 1 is 1.35 bits per heavy atom. The molecule has 0 amide bonds. The minimum absolute atomic E-state index is 0.390. The molecular weight excluding hydrogens is 252 g/mol. The number of ether oxygens (including phenoxy) is 1. The highest BCUT2D eigenvalue weighted by Crippen LogP contribution is 2.48. The van der Waals surface area contributed by atoms with Gasteiger partial charge in [0.25, 0.3) is 0 Å². The molecule has 0 radical (unpaired) electrons. The Morgan fingerprint density at radius 2 is 2.20 bits per heavy atom. The quantitative estimate of drug-likeness (QED) is 0.790. The summed E-state index contributed by atoms with van der Waals surface area (Å²) in [6.07, 6.45) is 5.21. The van der Waals surface area contributed by atoms with E-state index in [2.05, 4.69) is 15.3 Å². The number of aromatic nitrogens is 2. The Morgan fingerprint density at radius 3 is 2.95 bits per heavy atom. The lowest BCUT2D eigenvalue weighted by atomic mass is 10.0. The van der Waals surface area contributed by atoms with E-state index in [-0.39, 0.29) is 0 Å².